The second kappa shape index (κ2) is 7.68. The molecule has 1 heterocycles. The van der Waals surface area contributed by atoms with E-state index in [2.05, 4.69) is 0 Å². The minimum Gasteiger partial charge on any atom is -0.478 e. The lowest BCUT2D eigenvalue weighted by molar-refractivity contribution is 0.0669. The summed E-state index contributed by atoms with van der Waals surface area (Å²) in [4.78, 5) is 25.4. The van der Waals surface area contributed by atoms with E-state index in [1.165, 1.54) is 6.07 Å². The van der Waals surface area contributed by atoms with Crippen molar-refractivity contribution < 1.29 is 19.1 Å². The minimum atomic E-state index is -0.934. The van der Waals surface area contributed by atoms with E-state index in [0.717, 1.165) is 24.8 Å². The zero-order chi connectivity index (χ0) is 18.7. The molecule has 0 aromatic heterocycles. The number of nitrogens with zero attached hydrogens (tertiary/aromatic N) is 1. The molecule has 0 spiro atoms. The van der Waals surface area contributed by atoms with E-state index in [-0.39, 0.29) is 17.3 Å². The molecule has 4 nitrogen and oxygen atoms in total. The van der Waals surface area contributed by atoms with Crippen molar-refractivity contribution in [1.82, 2.24) is 4.90 Å². The van der Waals surface area contributed by atoms with Crippen molar-refractivity contribution in [2.45, 2.75) is 26.2 Å². The number of carboxylic acid groups (broad SMARTS) is 1. The summed E-state index contributed by atoms with van der Waals surface area (Å²) in [6.07, 6.45) is 2.73. The van der Waals surface area contributed by atoms with Crippen LogP contribution in [-0.4, -0.2) is 35.0 Å². The highest BCUT2D eigenvalue weighted by molar-refractivity contribution is 5.94. The average molecular weight is 355 g/mol. The van der Waals surface area contributed by atoms with E-state index in [1.807, 2.05) is 12.1 Å². The Balaban J connectivity index is 1.65. The summed E-state index contributed by atoms with van der Waals surface area (Å²) in [6.45, 7) is 2.99. The summed E-state index contributed by atoms with van der Waals surface area (Å²) in [5.41, 5.74) is 2.26. The molecule has 0 aliphatic carbocycles. The maximum atomic E-state index is 13.7. The van der Waals surface area contributed by atoms with E-state index in [1.54, 1.807) is 36.1 Å². The first kappa shape index (κ1) is 18.1. The number of likely N-dealkylation sites (tertiary alicyclic amines) is 1. The lowest BCUT2D eigenvalue weighted by atomic mass is 9.90. The molecule has 1 atom stereocenters. The average Bonchev–Trinajstić information content (AvgIpc) is 2.64. The molecule has 0 unspecified atom stereocenters. The Morgan fingerprint density at radius 3 is 2.50 bits per heavy atom. The van der Waals surface area contributed by atoms with Crippen molar-refractivity contribution in [3.63, 3.8) is 0 Å². The van der Waals surface area contributed by atoms with Crippen molar-refractivity contribution >= 4 is 11.9 Å². The molecule has 1 aliphatic heterocycles. The quantitative estimate of drug-likeness (QED) is 0.904. The van der Waals surface area contributed by atoms with Gasteiger partial charge in [0.05, 0.1) is 5.56 Å². The summed E-state index contributed by atoms with van der Waals surface area (Å²) < 4.78 is 13.7. The molecule has 0 radical (unpaired) electrons. The largest absolute Gasteiger partial charge is 0.478 e. The molecule has 1 amide bonds. The number of halogens is 1. The number of aromatic carboxylic acids is 1. The van der Waals surface area contributed by atoms with E-state index in [0.29, 0.717) is 30.1 Å². The summed E-state index contributed by atoms with van der Waals surface area (Å²) in [5.74, 6) is -1.10. The summed E-state index contributed by atoms with van der Waals surface area (Å²) in [5, 5.41) is 8.97. The predicted molar refractivity (Wildman–Crippen MR) is 96.9 cm³/mol. The van der Waals surface area contributed by atoms with Crippen molar-refractivity contribution in [3.8, 4) is 0 Å². The molecule has 1 aliphatic rings. The van der Waals surface area contributed by atoms with Crippen LogP contribution in [0.2, 0.25) is 0 Å². The number of aryl methyl sites for hydroxylation is 1. The first-order valence-electron chi connectivity index (χ1n) is 8.81. The smallest absolute Gasteiger partial charge is 0.335 e. The van der Waals surface area contributed by atoms with Crippen LogP contribution in [0.15, 0.2) is 42.5 Å². The van der Waals surface area contributed by atoms with Crippen LogP contribution in [-0.2, 0) is 6.42 Å². The van der Waals surface area contributed by atoms with Crippen LogP contribution in [0.25, 0.3) is 0 Å². The van der Waals surface area contributed by atoms with Crippen molar-refractivity contribution in [3.05, 3.63) is 70.5 Å². The fraction of sp³-hybridized carbons (Fsp3) is 0.333. The van der Waals surface area contributed by atoms with Crippen molar-refractivity contribution in [2.24, 2.45) is 5.92 Å². The molecule has 2 aromatic rings. The SMILES string of the molecule is Cc1ccc(C(=O)N2CCC[C@H](Cc3ccc(C(=O)O)cc3)C2)cc1F. The number of piperidine rings is 1. The van der Waals surface area contributed by atoms with Crippen LogP contribution in [0.5, 0.6) is 0 Å². The minimum absolute atomic E-state index is 0.130. The fourth-order valence-electron chi connectivity index (χ4n) is 3.44. The van der Waals surface area contributed by atoms with Gasteiger partial charge in [-0.2, -0.15) is 0 Å². The Morgan fingerprint density at radius 2 is 1.85 bits per heavy atom. The Bertz CT molecular complexity index is 817. The van der Waals surface area contributed by atoms with Gasteiger partial charge in [-0.25, -0.2) is 9.18 Å². The number of hydrogen-bond acceptors (Lipinski definition) is 2. The van der Waals surface area contributed by atoms with Crippen LogP contribution in [0.4, 0.5) is 4.39 Å². The van der Waals surface area contributed by atoms with Crippen molar-refractivity contribution in [2.75, 3.05) is 13.1 Å². The van der Waals surface area contributed by atoms with Gasteiger partial charge in [0.1, 0.15) is 5.82 Å². The van der Waals surface area contributed by atoms with E-state index >= 15 is 0 Å². The maximum absolute atomic E-state index is 13.7. The molecule has 1 fully saturated rings. The van der Waals surface area contributed by atoms with Crippen molar-refractivity contribution in [1.29, 1.82) is 0 Å². The zero-order valence-electron chi connectivity index (χ0n) is 14.7. The summed E-state index contributed by atoms with van der Waals surface area (Å²) in [7, 11) is 0. The molecule has 2 aromatic carbocycles. The number of carbonyl (C=O) groups is 2. The van der Waals surface area contributed by atoms with Gasteiger partial charge < -0.3 is 10.0 Å². The molecule has 5 heteroatoms. The van der Waals surface area contributed by atoms with Gasteiger partial charge in [0.25, 0.3) is 5.91 Å². The van der Waals surface area contributed by atoms with Gasteiger partial charge >= 0.3 is 5.97 Å². The first-order valence-corrected chi connectivity index (χ1v) is 8.81. The molecule has 0 saturated carbocycles. The van der Waals surface area contributed by atoms with Crippen LogP contribution in [0, 0.1) is 18.7 Å². The van der Waals surface area contributed by atoms with Gasteiger partial charge in [-0.05, 0) is 67.5 Å². The Kier molecular flexibility index (Phi) is 5.35. The summed E-state index contributed by atoms with van der Waals surface area (Å²) in [6, 6.07) is 11.5. The number of hydrogen-bond donors (Lipinski definition) is 1. The molecule has 1 N–H and O–H groups in total. The van der Waals surface area contributed by atoms with Gasteiger partial charge in [0.2, 0.25) is 0 Å². The molecule has 3 rings (SSSR count). The number of amides is 1. The van der Waals surface area contributed by atoms with Crippen LogP contribution in [0.1, 0.15) is 44.7 Å². The highest BCUT2D eigenvalue weighted by atomic mass is 19.1. The van der Waals surface area contributed by atoms with Gasteiger partial charge in [0.15, 0.2) is 0 Å². The number of benzene rings is 2. The molecule has 136 valence electrons. The Labute approximate surface area is 152 Å². The van der Waals surface area contributed by atoms with E-state index in [4.69, 9.17) is 5.11 Å². The first-order chi connectivity index (χ1) is 12.4. The van der Waals surface area contributed by atoms with Gasteiger partial charge in [-0.15, -0.1) is 0 Å². The van der Waals surface area contributed by atoms with E-state index in [9.17, 15) is 14.0 Å². The molecule has 0 bridgehead atoms. The van der Waals surface area contributed by atoms with Crippen LogP contribution >= 0.6 is 0 Å². The molecular weight excluding hydrogens is 333 g/mol. The third kappa shape index (κ3) is 4.10. The molecular formula is C21H22FNO3. The second-order valence-corrected chi connectivity index (χ2v) is 6.93. The zero-order valence-corrected chi connectivity index (χ0v) is 14.7. The predicted octanol–water partition coefficient (Wildman–Crippen LogP) is 3.93. The van der Waals surface area contributed by atoms with Gasteiger partial charge in [0, 0.05) is 18.7 Å². The lowest BCUT2D eigenvalue weighted by Crippen LogP contribution is -2.40. The van der Waals surface area contributed by atoms with Gasteiger partial charge in [-0.1, -0.05) is 18.2 Å². The number of carboxylic acids is 1. The molecule has 26 heavy (non-hydrogen) atoms. The normalized spacial score (nSPS) is 17.2. The maximum Gasteiger partial charge on any atom is 0.335 e. The molecule has 1 saturated heterocycles. The van der Waals surface area contributed by atoms with Crippen LogP contribution in [0.3, 0.4) is 0 Å². The highest BCUT2D eigenvalue weighted by Crippen LogP contribution is 2.23. The number of carbonyl (C=O) groups excluding carboxylic acids is 1. The summed E-state index contributed by atoms with van der Waals surface area (Å²) >= 11 is 0. The second-order valence-electron chi connectivity index (χ2n) is 6.93. The Morgan fingerprint density at radius 1 is 1.15 bits per heavy atom. The third-order valence-electron chi connectivity index (χ3n) is 4.95. The standard InChI is InChI=1S/C21H22FNO3/c1-14-4-7-18(12-19(14)22)20(24)23-10-2-3-16(13-23)11-15-5-8-17(9-6-15)21(25)26/h4-9,12,16H,2-3,10-11,13H2,1H3,(H,25,26)/t16-/m1/s1. The lowest BCUT2D eigenvalue weighted by Gasteiger charge is -2.33. The third-order valence-corrected chi connectivity index (χ3v) is 4.95. The van der Waals surface area contributed by atoms with Gasteiger partial charge in [-0.3, -0.25) is 4.79 Å². The highest BCUT2D eigenvalue weighted by Gasteiger charge is 2.25. The fourth-order valence-corrected chi connectivity index (χ4v) is 3.44. The topological polar surface area (TPSA) is 57.6 Å². The number of rotatable bonds is 4. The van der Waals surface area contributed by atoms with Crippen LogP contribution < -0.4 is 0 Å². The Hall–Kier alpha value is -2.69. The van der Waals surface area contributed by atoms with E-state index < -0.39 is 5.97 Å². The monoisotopic (exact) mass is 355 g/mol.